The van der Waals surface area contributed by atoms with Gasteiger partial charge in [0.2, 0.25) is 0 Å². The van der Waals surface area contributed by atoms with Crippen molar-refractivity contribution < 1.29 is 9.59 Å². The van der Waals surface area contributed by atoms with Gasteiger partial charge in [0.15, 0.2) is 0 Å². The first-order valence-electron chi connectivity index (χ1n) is 8.63. The van der Waals surface area contributed by atoms with Crippen LogP contribution >= 0.6 is 11.3 Å². The molecule has 0 atom stereocenters. The summed E-state index contributed by atoms with van der Waals surface area (Å²) in [7, 11) is 0. The number of hydrogen-bond acceptors (Lipinski definition) is 3. The van der Waals surface area contributed by atoms with E-state index < -0.39 is 0 Å². The minimum atomic E-state index is -0.157. The van der Waals surface area contributed by atoms with E-state index in [-0.39, 0.29) is 11.8 Å². The molecule has 0 bridgehead atoms. The lowest BCUT2D eigenvalue weighted by atomic mass is 9.91. The van der Waals surface area contributed by atoms with E-state index in [9.17, 15) is 9.59 Å². The molecule has 4 nitrogen and oxygen atoms in total. The molecule has 0 fully saturated rings. The van der Waals surface area contributed by atoms with Crippen LogP contribution in [-0.2, 0) is 19.4 Å². The molecule has 1 aliphatic heterocycles. The van der Waals surface area contributed by atoms with Crippen molar-refractivity contribution in [2.45, 2.75) is 19.4 Å². The summed E-state index contributed by atoms with van der Waals surface area (Å²) < 4.78 is 0. The molecule has 2 heterocycles. The Morgan fingerprint density at radius 1 is 1.00 bits per heavy atom. The van der Waals surface area contributed by atoms with Gasteiger partial charge in [-0.25, -0.2) is 0 Å². The fraction of sp³-hybridized carbons (Fsp3) is 0.143. The van der Waals surface area contributed by atoms with E-state index in [2.05, 4.69) is 28.8 Å². The van der Waals surface area contributed by atoms with Crippen LogP contribution in [0, 0.1) is 0 Å². The number of thiophene rings is 1. The molecule has 0 saturated carbocycles. The average molecular weight is 360 g/mol. The Morgan fingerprint density at radius 3 is 2.73 bits per heavy atom. The minimum Gasteiger partial charge on any atom is -0.348 e. The van der Waals surface area contributed by atoms with Crippen LogP contribution in [0.1, 0.15) is 36.7 Å². The highest BCUT2D eigenvalue weighted by atomic mass is 32.1. The van der Waals surface area contributed by atoms with Gasteiger partial charge >= 0.3 is 0 Å². The number of benzene rings is 2. The lowest BCUT2D eigenvalue weighted by Gasteiger charge is -2.15. The normalized spacial score (nSPS) is 14.2. The van der Waals surface area contributed by atoms with Crippen LogP contribution in [-0.4, -0.2) is 11.8 Å². The van der Waals surface area contributed by atoms with Crippen molar-refractivity contribution in [2.24, 2.45) is 0 Å². The van der Waals surface area contributed by atoms with E-state index >= 15 is 0 Å². The third-order valence-corrected chi connectivity index (χ3v) is 6.23. The molecular weight excluding hydrogens is 344 g/mol. The van der Waals surface area contributed by atoms with E-state index in [1.54, 1.807) is 6.07 Å². The summed E-state index contributed by atoms with van der Waals surface area (Å²) in [6, 6.07) is 15.9. The van der Waals surface area contributed by atoms with Crippen LogP contribution in [0.15, 0.2) is 48.5 Å². The number of nitrogens with one attached hydrogen (secondary N) is 2. The highest BCUT2D eigenvalue weighted by molar-refractivity contribution is 7.17. The molecule has 1 aliphatic carbocycles. The summed E-state index contributed by atoms with van der Waals surface area (Å²) in [5, 5.41) is 5.73. The van der Waals surface area contributed by atoms with Crippen LogP contribution in [0.4, 0.5) is 5.69 Å². The van der Waals surface area contributed by atoms with E-state index in [4.69, 9.17) is 0 Å². The largest absolute Gasteiger partial charge is 0.348 e. The second kappa shape index (κ2) is 5.81. The van der Waals surface area contributed by atoms with E-state index in [1.165, 1.54) is 32.9 Å². The first kappa shape index (κ1) is 15.3. The number of aryl methyl sites for hydroxylation is 2. The Morgan fingerprint density at radius 2 is 1.81 bits per heavy atom. The Hall–Kier alpha value is -2.92. The molecule has 26 heavy (non-hydrogen) atoms. The van der Waals surface area contributed by atoms with Crippen molar-refractivity contribution >= 4 is 28.8 Å². The van der Waals surface area contributed by atoms with Gasteiger partial charge in [-0.15, -0.1) is 11.3 Å². The van der Waals surface area contributed by atoms with Crippen molar-refractivity contribution in [3.05, 3.63) is 75.7 Å². The molecular formula is C21H16N2O2S. The molecule has 2 aromatic carbocycles. The van der Waals surface area contributed by atoms with Crippen molar-refractivity contribution in [1.82, 2.24) is 5.32 Å². The summed E-state index contributed by atoms with van der Waals surface area (Å²) in [4.78, 5) is 26.7. The van der Waals surface area contributed by atoms with Gasteiger partial charge in [0, 0.05) is 11.4 Å². The van der Waals surface area contributed by atoms with Gasteiger partial charge < -0.3 is 10.6 Å². The minimum absolute atomic E-state index is 0.129. The zero-order chi connectivity index (χ0) is 17.7. The molecule has 0 spiro atoms. The first-order valence-corrected chi connectivity index (χ1v) is 9.45. The summed E-state index contributed by atoms with van der Waals surface area (Å²) in [5.74, 6) is -0.287. The summed E-state index contributed by atoms with van der Waals surface area (Å²) in [6.07, 6.45) is 1.96. The third-order valence-electron chi connectivity index (χ3n) is 5.02. The standard InChI is InChI=1S/C21H16N2O2S/c24-20(23-16-7-3-5-14-11-22-21(25)18(14)16)17-10-13-9-8-12-4-1-2-6-15(12)19(13)26-17/h1-7,10H,8-9,11H2,(H,22,25)(H,23,24). The molecule has 2 aliphatic rings. The molecule has 3 aromatic rings. The van der Waals surface area contributed by atoms with Crippen LogP contribution in [0.25, 0.3) is 10.4 Å². The smallest absolute Gasteiger partial charge is 0.265 e. The zero-order valence-electron chi connectivity index (χ0n) is 14.0. The SMILES string of the molecule is O=C(Nc1cccc2c1C(=O)NC2)c1cc2c(s1)-c1ccccc1CC2. The monoisotopic (exact) mass is 360 g/mol. The van der Waals surface area contributed by atoms with Crippen molar-refractivity contribution in [3.8, 4) is 10.4 Å². The first-order chi connectivity index (χ1) is 12.7. The highest BCUT2D eigenvalue weighted by Gasteiger charge is 2.25. The maximum absolute atomic E-state index is 12.8. The lowest BCUT2D eigenvalue weighted by molar-refractivity contribution is 0.0966. The Bertz CT molecular complexity index is 1070. The molecule has 5 rings (SSSR count). The molecule has 5 heteroatoms. The average Bonchev–Trinajstić information content (AvgIpc) is 3.26. The fourth-order valence-electron chi connectivity index (χ4n) is 3.75. The zero-order valence-corrected chi connectivity index (χ0v) is 14.8. The van der Waals surface area contributed by atoms with Gasteiger partial charge in [-0.3, -0.25) is 9.59 Å². The molecule has 0 unspecified atom stereocenters. The second-order valence-corrected chi connectivity index (χ2v) is 7.65. The van der Waals surface area contributed by atoms with Crippen molar-refractivity contribution in [3.63, 3.8) is 0 Å². The van der Waals surface area contributed by atoms with E-state index in [1.807, 2.05) is 24.3 Å². The van der Waals surface area contributed by atoms with Gasteiger partial charge in [-0.1, -0.05) is 36.4 Å². The number of amides is 2. The summed E-state index contributed by atoms with van der Waals surface area (Å²) >= 11 is 1.53. The molecule has 0 radical (unpaired) electrons. The van der Waals surface area contributed by atoms with Gasteiger partial charge in [-0.2, -0.15) is 0 Å². The number of carbonyl (C=O) groups is 2. The van der Waals surface area contributed by atoms with Crippen LogP contribution in [0.5, 0.6) is 0 Å². The number of fused-ring (bicyclic) bond motifs is 4. The second-order valence-electron chi connectivity index (χ2n) is 6.60. The molecule has 128 valence electrons. The van der Waals surface area contributed by atoms with Gasteiger partial charge in [-0.05, 0) is 47.2 Å². The maximum atomic E-state index is 12.8. The topological polar surface area (TPSA) is 58.2 Å². The molecule has 1 aromatic heterocycles. The fourth-order valence-corrected chi connectivity index (χ4v) is 4.92. The van der Waals surface area contributed by atoms with Crippen LogP contribution in [0.3, 0.4) is 0 Å². The predicted octanol–water partition coefficient (Wildman–Crippen LogP) is 4.01. The third kappa shape index (κ3) is 2.35. The summed E-state index contributed by atoms with van der Waals surface area (Å²) in [6.45, 7) is 0.516. The van der Waals surface area contributed by atoms with Gasteiger partial charge in [0.05, 0.1) is 16.1 Å². The molecule has 0 saturated heterocycles. The Kier molecular flexibility index (Phi) is 3.43. The van der Waals surface area contributed by atoms with Gasteiger partial charge in [0.1, 0.15) is 0 Å². The highest BCUT2D eigenvalue weighted by Crippen LogP contribution is 2.39. The van der Waals surface area contributed by atoms with E-state index in [0.29, 0.717) is 22.7 Å². The number of anilines is 1. The predicted molar refractivity (Wildman–Crippen MR) is 103 cm³/mol. The number of hydrogen-bond donors (Lipinski definition) is 2. The number of carbonyl (C=O) groups excluding carboxylic acids is 2. The Balaban J connectivity index is 1.48. The number of rotatable bonds is 2. The summed E-state index contributed by atoms with van der Waals surface area (Å²) in [5.41, 5.74) is 5.88. The molecule has 2 amide bonds. The van der Waals surface area contributed by atoms with Crippen LogP contribution in [0.2, 0.25) is 0 Å². The maximum Gasteiger partial charge on any atom is 0.265 e. The van der Waals surface area contributed by atoms with Crippen LogP contribution < -0.4 is 10.6 Å². The van der Waals surface area contributed by atoms with Gasteiger partial charge in [0.25, 0.3) is 11.8 Å². The lowest BCUT2D eigenvalue weighted by Crippen LogP contribution is -2.16. The van der Waals surface area contributed by atoms with Crippen molar-refractivity contribution in [1.29, 1.82) is 0 Å². The molecule has 2 N–H and O–H groups in total. The van der Waals surface area contributed by atoms with E-state index in [0.717, 1.165) is 18.4 Å². The quantitative estimate of drug-likeness (QED) is 0.725. The Labute approximate surface area is 154 Å². The van der Waals surface area contributed by atoms with Crippen molar-refractivity contribution in [2.75, 3.05) is 5.32 Å².